The second-order valence-corrected chi connectivity index (χ2v) is 5.81. The lowest BCUT2D eigenvalue weighted by Crippen LogP contribution is -2.25. The van der Waals surface area contributed by atoms with Gasteiger partial charge in [0.05, 0.1) is 0 Å². The molecule has 1 aromatic rings. The van der Waals surface area contributed by atoms with Crippen molar-refractivity contribution in [3.8, 4) is 0 Å². The van der Waals surface area contributed by atoms with E-state index in [1.807, 2.05) is 30.3 Å². The summed E-state index contributed by atoms with van der Waals surface area (Å²) >= 11 is 0. The summed E-state index contributed by atoms with van der Waals surface area (Å²) in [6.45, 7) is 1.05. The second-order valence-electron chi connectivity index (χ2n) is 5.81. The lowest BCUT2D eigenvalue weighted by atomic mass is 9.86. The van der Waals surface area contributed by atoms with E-state index in [2.05, 4.69) is 11.7 Å². The summed E-state index contributed by atoms with van der Waals surface area (Å²) in [5, 5.41) is 2.82. The Morgan fingerprint density at radius 3 is 2.86 bits per heavy atom. The van der Waals surface area contributed by atoms with Crippen LogP contribution in [0.1, 0.15) is 50.5 Å². The van der Waals surface area contributed by atoms with Crippen LogP contribution in [0.25, 0.3) is 0 Å². The average molecular weight is 288 g/mol. The molecule has 1 N–H and O–H groups in total. The summed E-state index contributed by atoms with van der Waals surface area (Å²) < 4.78 is 5.17. The minimum absolute atomic E-state index is 0.315. The molecule has 3 heteroatoms. The molecular formula is C18H26NO2. The fraction of sp³-hybridized carbons (Fsp3) is 0.556. The van der Waals surface area contributed by atoms with Crippen LogP contribution in [0, 0.1) is 12.3 Å². The first-order chi connectivity index (χ1) is 10.3. The molecule has 1 radical (unpaired) electrons. The first kappa shape index (κ1) is 15.9. The van der Waals surface area contributed by atoms with Crippen LogP contribution in [-0.4, -0.2) is 12.6 Å². The number of ether oxygens (including phenoxy) is 1. The maximum absolute atomic E-state index is 11.5. The van der Waals surface area contributed by atoms with Crippen molar-refractivity contribution in [2.45, 2.75) is 51.6 Å². The first-order valence-corrected chi connectivity index (χ1v) is 8.11. The van der Waals surface area contributed by atoms with Crippen molar-refractivity contribution in [1.29, 1.82) is 0 Å². The number of nitrogens with one attached hydrogen (secondary N) is 1. The van der Waals surface area contributed by atoms with Gasteiger partial charge >= 0.3 is 6.09 Å². The summed E-state index contributed by atoms with van der Waals surface area (Å²) in [4.78, 5) is 11.5. The second kappa shape index (κ2) is 9.43. The quantitative estimate of drug-likeness (QED) is 0.751. The molecule has 0 aromatic heterocycles. The highest BCUT2D eigenvalue weighted by Gasteiger charge is 2.12. The Morgan fingerprint density at radius 1 is 1.24 bits per heavy atom. The van der Waals surface area contributed by atoms with Crippen LogP contribution in [0.3, 0.4) is 0 Å². The Morgan fingerprint density at radius 2 is 2.10 bits per heavy atom. The zero-order valence-corrected chi connectivity index (χ0v) is 12.7. The number of alkyl carbamates (subject to hydrolysis) is 1. The van der Waals surface area contributed by atoms with Crippen LogP contribution in [0.15, 0.2) is 30.3 Å². The third-order valence-electron chi connectivity index (χ3n) is 4.04. The number of hydrogen-bond donors (Lipinski definition) is 1. The fourth-order valence-corrected chi connectivity index (χ4v) is 2.81. The number of amides is 1. The van der Waals surface area contributed by atoms with Crippen LogP contribution in [0.4, 0.5) is 4.79 Å². The van der Waals surface area contributed by atoms with Crippen LogP contribution < -0.4 is 5.32 Å². The van der Waals surface area contributed by atoms with Crippen LogP contribution in [0.5, 0.6) is 0 Å². The Labute approximate surface area is 128 Å². The van der Waals surface area contributed by atoms with Gasteiger partial charge in [-0.25, -0.2) is 4.79 Å². The lowest BCUT2D eigenvalue weighted by molar-refractivity contribution is 0.139. The highest BCUT2D eigenvalue weighted by molar-refractivity contribution is 5.67. The normalized spacial score (nSPS) is 15.6. The molecule has 1 aliphatic carbocycles. The maximum atomic E-state index is 11.5. The molecule has 1 fully saturated rings. The molecule has 0 aliphatic heterocycles. The van der Waals surface area contributed by atoms with Gasteiger partial charge in [0, 0.05) is 6.54 Å². The van der Waals surface area contributed by atoms with Crippen LogP contribution in [0.2, 0.25) is 0 Å². The van der Waals surface area contributed by atoms with Gasteiger partial charge in [0.25, 0.3) is 0 Å². The molecule has 1 unspecified atom stereocenters. The van der Waals surface area contributed by atoms with E-state index in [9.17, 15) is 4.79 Å². The molecule has 21 heavy (non-hydrogen) atoms. The third kappa shape index (κ3) is 6.65. The number of benzene rings is 1. The van der Waals surface area contributed by atoms with Crippen molar-refractivity contribution >= 4 is 6.09 Å². The van der Waals surface area contributed by atoms with Crippen LogP contribution in [-0.2, 0) is 11.3 Å². The van der Waals surface area contributed by atoms with E-state index in [1.54, 1.807) is 0 Å². The van der Waals surface area contributed by atoms with Crippen molar-refractivity contribution in [3.63, 3.8) is 0 Å². The van der Waals surface area contributed by atoms with Crippen molar-refractivity contribution in [2.24, 2.45) is 5.92 Å². The van der Waals surface area contributed by atoms with Crippen molar-refractivity contribution < 1.29 is 9.53 Å². The summed E-state index contributed by atoms with van der Waals surface area (Å²) in [6.07, 6.45) is 10.9. The lowest BCUT2D eigenvalue weighted by Gasteiger charge is -2.20. The maximum Gasteiger partial charge on any atom is 0.407 e. The zero-order chi connectivity index (χ0) is 14.8. The smallest absolute Gasteiger partial charge is 0.407 e. The van der Waals surface area contributed by atoms with Gasteiger partial charge in [0.2, 0.25) is 0 Å². The van der Waals surface area contributed by atoms with Gasteiger partial charge in [-0.2, -0.15) is 0 Å². The number of carbonyl (C=O) groups is 1. The molecule has 0 bridgehead atoms. The number of carbonyl (C=O) groups excluding carboxylic acids is 1. The topological polar surface area (TPSA) is 38.3 Å². The highest BCUT2D eigenvalue weighted by atomic mass is 16.5. The SMILES string of the molecule is O=C(NCCCCC1C[CH]CCC1)OCc1ccccc1. The molecule has 0 spiro atoms. The van der Waals surface area contributed by atoms with Gasteiger partial charge in [-0.1, -0.05) is 62.4 Å². The summed E-state index contributed by atoms with van der Waals surface area (Å²) in [5.41, 5.74) is 1.01. The van der Waals surface area contributed by atoms with E-state index in [0.29, 0.717) is 13.2 Å². The zero-order valence-electron chi connectivity index (χ0n) is 12.7. The van der Waals surface area contributed by atoms with Gasteiger partial charge in [-0.3, -0.25) is 0 Å². The predicted octanol–water partition coefficient (Wildman–Crippen LogP) is 4.48. The van der Waals surface area contributed by atoms with E-state index in [1.165, 1.54) is 38.5 Å². The molecule has 2 rings (SSSR count). The Bertz CT molecular complexity index is 399. The largest absolute Gasteiger partial charge is 0.445 e. The molecule has 115 valence electrons. The fourth-order valence-electron chi connectivity index (χ4n) is 2.81. The number of unbranched alkanes of at least 4 members (excludes halogenated alkanes) is 1. The van der Waals surface area contributed by atoms with Gasteiger partial charge in [0.15, 0.2) is 0 Å². The molecule has 1 atom stereocenters. The van der Waals surface area contributed by atoms with Crippen LogP contribution >= 0.6 is 0 Å². The van der Waals surface area contributed by atoms with E-state index >= 15 is 0 Å². The highest BCUT2D eigenvalue weighted by Crippen LogP contribution is 2.26. The molecule has 1 aromatic carbocycles. The first-order valence-electron chi connectivity index (χ1n) is 8.11. The van der Waals surface area contributed by atoms with E-state index in [0.717, 1.165) is 17.9 Å². The Balaban J connectivity index is 1.47. The molecule has 1 amide bonds. The molecule has 0 saturated heterocycles. The minimum atomic E-state index is -0.315. The minimum Gasteiger partial charge on any atom is -0.445 e. The monoisotopic (exact) mass is 288 g/mol. The van der Waals surface area contributed by atoms with Gasteiger partial charge in [0.1, 0.15) is 6.61 Å². The standard InChI is InChI=1S/C18H26NO2/c20-18(21-15-17-12-5-2-6-13-17)19-14-8-7-11-16-9-3-1-4-10-16/h2-3,5-6,12-13,16H,1,4,7-11,14-15H2,(H,19,20). The van der Waals surface area contributed by atoms with E-state index < -0.39 is 0 Å². The summed E-state index contributed by atoms with van der Waals surface area (Å²) in [7, 11) is 0. The molecule has 3 nitrogen and oxygen atoms in total. The molecule has 0 heterocycles. The van der Waals surface area contributed by atoms with Gasteiger partial charge in [-0.05, 0) is 30.7 Å². The van der Waals surface area contributed by atoms with E-state index in [-0.39, 0.29) is 6.09 Å². The predicted molar refractivity (Wildman–Crippen MR) is 84.7 cm³/mol. The average Bonchev–Trinajstić information content (AvgIpc) is 2.54. The number of rotatable bonds is 7. The third-order valence-corrected chi connectivity index (χ3v) is 4.04. The Hall–Kier alpha value is -1.51. The summed E-state index contributed by atoms with van der Waals surface area (Å²) in [6, 6.07) is 9.75. The Kier molecular flexibility index (Phi) is 7.13. The van der Waals surface area contributed by atoms with Crippen molar-refractivity contribution in [2.75, 3.05) is 6.54 Å². The molecule has 1 aliphatic rings. The van der Waals surface area contributed by atoms with E-state index in [4.69, 9.17) is 4.74 Å². The summed E-state index contributed by atoms with van der Waals surface area (Å²) in [5.74, 6) is 0.879. The number of hydrogen-bond acceptors (Lipinski definition) is 2. The van der Waals surface area contributed by atoms with Crippen molar-refractivity contribution in [3.05, 3.63) is 42.3 Å². The molecular weight excluding hydrogens is 262 g/mol. The molecule has 1 saturated carbocycles. The van der Waals surface area contributed by atoms with Crippen molar-refractivity contribution in [1.82, 2.24) is 5.32 Å². The van der Waals surface area contributed by atoms with Gasteiger partial charge < -0.3 is 10.1 Å². The van der Waals surface area contributed by atoms with Gasteiger partial charge in [-0.15, -0.1) is 0 Å².